The lowest BCUT2D eigenvalue weighted by molar-refractivity contribution is 0.466. The van der Waals surface area contributed by atoms with Gasteiger partial charge in [-0.25, -0.2) is 4.39 Å². The van der Waals surface area contributed by atoms with E-state index in [9.17, 15) is 4.39 Å². The molecular formula is C8H12FN. The number of hydrogen-bond acceptors (Lipinski definition) is 1. The summed E-state index contributed by atoms with van der Waals surface area (Å²) in [7, 11) is 3.95. The van der Waals surface area contributed by atoms with Gasteiger partial charge in [-0.15, -0.1) is 0 Å². The fraction of sp³-hybridized carbons (Fsp3) is 0.500. The standard InChI is InChI=1S/C8H12FN/c1-10(2)8-5-3-7(9)4-6-8/h3,5H,4,6H2,1-2H3. The quantitative estimate of drug-likeness (QED) is 0.540. The second-order valence-electron chi connectivity index (χ2n) is 2.67. The number of rotatable bonds is 1. The van der Waals surface area contributed by atoms with Gasteiger partial charge in [-0.2, -0.15) is 0 Å². The third kappa shape index (κ3) is 1.59. The molecule has 0 aromatic heterocycles. The van der Waals surface area contributed by atoms with Gasteiger partial charge in [0, 0.05) is 26.2 Å². The lowest BCUT2D eigenvalue weighted by Crippen LogP contribution is -2.12. The molecule has 0 aromatic rings. The van der Waals surface area contributed by atoms with Crippen LogP contribution >= 0.6 is 0 Å². The molecule has 1 aliphatic rings. The molecule has 0 N–H and O–H groups in total. The topological polar surface area (TPSA) is 3.24 Å². The SMILES string of the molecule is CN(C)C1=CC=C(F)CC1. The molecule has 2 heteroatoms. The molecule has 56 valence electrons. The van der Waals surface area contributed by atoms with Crippen LogP contribution in [-0.4, -0.2) is 19.0 Å². The Kier molecular flexibility index (Phi) is 2.10. The molecule has 0 aliphatic heterocycles. The highest BCUT2D eigenvalue weighted by Crippen LogP contribution is 2.19. The molecule has 0 saturated carbocycles. The minimum atomic E-state index is -0.00870. The molecule has 0 spiro atoms. The Hall–Kier alpha value is -0.790. The molecule has 1 aliphatic carbocycles. The van der Waals surface area contributed by atoms with Crippen molar-refractivity contribution in [2.24, 2.45) is 0 Å². The molecule has 0 heterocycles. The summed E-state index contributed by atoms with van der Waals surface area (Å²) in [4.78, 5) is 2.02. The van der Waals surface area contributed by atoms with Crippen molar-refractivity contribution in [1.29, 1.82) is 0 Å². The molecule has 0 radical (unpaired) electrons. The molecular weight excluding hydrogens is 129 g/mol. The Morgan fingerprint density at radius 1 is 1.30 bits per heavy atom. The van der Waals surface area contributed by atoms with E-state index in [1.807, 2.05) is 25.1 Å². The predicted molar refractivity (Wildman–Crippen MR) is 40.2 cm³/mol. The van der Waals surface area contributed by atoms with Crippen molar-refractivity contribution in [2.45, 2.75) is 12.8 Å². The first kappa shape index (κ1) is 7.32. The van der Waals surface area contributed by atoms with Crippen LogP contribution in [0.5, 0.6) is 0 Å². The molecule has 1 nitrogen and oxygen atoms in total. The number of nitrogens with zero attached hydrogens (tertiary/aromatic N) is 1. The van der Waals surface area contributed by atoms with Crippen LogP contribution in [-0.2, 0) is 0 Å². The Bertz CT molecular complexity index is 180. The van der Waals surface area contributed by atoms with E-state index < -0.39 is 0 Å². The van der Waals surface area contributed by atoms with E-state index in [2.05, 4.69) is 0 Å². The van der Waals surface area contributed by atoms with Crippen molar-refractivity contribution in [2.75, 3.05) is 14.1 Å². The predicted octanol–water partition coefficient (Wildman–Crippen LogP) is 2.08. The summed E-state index contributed by atoms with van der Waals surface area (Å²) >= 11 is 0. The second kappa shape index (κ2) is 2.86. The van der Waals surface area contributed by atoms with E-state index in [-0.39, 0.29) is 5.83 Å². The lowest BCUT2D eigenvalue weighted by atomic mass is 10.1. The van der Waals surface area contributed by atoms with Crippen LogP contribution in [0.2, 0.25) is 0 Å². The van der Waals surface area contributed by atoms with E-state index >= 15 is 0 Å². The van der Waals surface area contributed by atoms with Gasteiger partial charge in [0.25, 0.3) is 0 Å². The first-order valence-corrected chi connectivity index (χ1v) is 3.42. The molecule has 0 saturated heterocycles. The zero-order valence-electron chi connectivity index (χ0n) is 6.39. The van der Waals surface area contributed by atoms with Gasteiger partial charge in [0.1, 0.15) is 5.83 Å². The highest BCUT2D eigenvalue weighted by atomic mass is 19.1. The van der Waals surface area contributed by atoms with Crippen LogP contribution in [0.4, 0.5) is 4.39 Å². The summed E-state index contributed by atoms with van der Waals surface area (Å²) < 4.78 is 12.4. The minimum Gasteiger partial charge on any atom is -0.381 e. The highest BCUT2D eigenvalue weighted by Gasteiger charge is 2.05. The summed E-state index contributed by atoms with van der Waals surface area (Å²) in [5, 5.41) is 0. The van der Waals surface area contributed by atoms with E-state index in [0.29, 0.717) is 6.42 Å². The van der Waals surface area contributed by atoms with Crippen LogP contribution in [0.25, 0.3) is 0 Å². The van der Waals surface area contributed by atoms with Crippen molar-refractivity contribution < 1.29 is 4.39 Å². The average Bonchev–Trinajstić information content (AvgIpc) is 1.88. The maximum absolute atomic E-state index is 12.4. The fourth-order valence-electron chi connectivity index (χ4n) is 0.973. The molecule has 0 bridgehead atoms. The van der Waals surface area contributed by atoms with E-state index in [0.717, 1.165) is 6.42 Å². The van der Waals surface area contributed by atoms with Crippen LogP contribution < -0.4 is 0 Å². The molecule has 1 rings (SSSR count). The van der Waals surface area contributed by atoms with Crippen LogP contribution in [0.15, 0.2) is 23.7 Å². The van der Waals surface area contributed by atoms with E-state index in [1.165, 1.54) is 5.70 Å². The number of allylic oxidation sites excluding steroid dienone is 4. The smallest absolute Gasteiger partial charge is 0.100 e. The van der Waals surface area contributed by atoms with Gasteiger partial charge in [0.15, 0.2) is 0 Å². The zero-order chi connectivity index (χ0) is 7.56. The van der Waals surface area contributed by atoms with Crippen molar-refractivity contribution in [3.63, 3.8) is 0 Å². The van der Waals surface area contributed by atoms with Crippen LogP contribution in [0.1, 0.15) is 12.8 Å². The molecule has 0 amide bonds. The first-order valence-electron chi connectivity index (χ1n) is 3.42. The monoisotopic (exact) mass is 141 g/mol. The van der Waals surface area contributed by atoms with Crippen molar-refractivity contribution in [3.05, 3.63) is 23.7 Å². The Morgan fingerprint density at radius 2 is 2.00 bits per heavy atom. The number of hydrogen-bond donors (Lipinski definition) is 0. The third-order valence-corrected chi connectivity index (χ3v) is 1.65. The fourth-order valence-corrected chi connectivity index (χ4v) is 0.973. The maximum Gasteiger partial charge on any atom is 0.100 e. The van der Waals surface area contributed by atoms with Gasteiger partial charge in [-0.05, 0) is 18.6 Å². The molecule has 0 fully saturated rings. The van der Waals surface area contributed by atoms with E-state index in [4.69, 9.17) is 0 Å². The molecule has 0 unspecified atom stereocenters. The second-order valence-corrected chi connectivity index (χ2v) is 2.67. The highest BCUT2D eigenvalue weighted by molar-refractivity contribution is 5.19. The summed E-state index contributed by atoms with van der Waals surface area (Å²) in [6, 6.07) is 0. The van der Waals surface area contributed by atoms with Gasteiger partial charge in [-0.1, -0.05) is 0 Å². The summed E-state index contributed by atoms with van der Waals surface area (Å²) in [6.07, 6.45) is 4.76. The molecule has 10 heavy (non-hydrogen) atoms. The first-order chi connectivity index (χ1) is 4.70. The summed E-state index contributed by atoms with van der Waals surface area (Å²) in [5.74, 6) is -0.00870. The largest absolute Gasteiger partial charge is 0.381 e. The van der Waals surface area contributed by atoms with Crippen molar-refractivity contribution in [1.82, 2.24) is 4.90 Å². The van der Waals surface area contributed by atoms with Gasteiger partial charge in [-0.3, -0.25) is 0 Å². The van der Waals surface area contributed by atoms with Crippen LogP contribution in [0, 0.1) is 0 Å². The Morgan fingerprint density at radius 3 is 2.40 bits per heavy atom. The third-order valence-electron chi connectivity index (χ3n) is 1.65. The normalized spacial score (nSPS) is 17.9. The van der Waals surface area contributed by atoms with Crippen molar-refractivity contribution >= 4 is 0 Å². The van der Waals surface area contributed by atoms with Crippen molar-refractivity contribution in [3.8, 4) is 0 Å². The molecule has 0 atom stereocenters. The van der Waals surface area contributed by atoms with Gasteiger partial charge < -0.3 is 4.90 Å². The van der Waals surface area contributed by atoms with Gasteiger partial charge >= 0.3 is 0 Å². The number of halogens is 1. The average molecular weight is 141 g/mol. The Labute approximate surface area is 60.8 Å². The van der Waals surface area contributed by atoms with E-state index in [1.54, 1.807) is 6.08 Å². The van der Waals surface area contributed by atoms with Crippen LogP contribution in [0.3, 0.4) is 0 Å². The Balaban J connectivity index is 2.64. The zero-order valence-corrected chi connectivity index (χ0v) is 6.39. The van der Waals surface area contributed by atoms with Gasteiger partial charge in [0.2, 0.25) is 0 Å². The summed E-state index contributed by atoms with van der Waals surface area (Å²) in [5.41, 5.74) is 1.20. The lowest BCUT2D eigenvalue weighted by Gasteiger charge is -2.18. The van der Waals surface area contributed by atoms with Gasteiger partial charge in [0.05, 0.1) is 0 Å². The summed E-state index contributed by atoms with van der Waals surface area (Å²) in [6.45, 7) is 0. The maximum atomic E-state index is 12.4. The molecule has 0 aromatic carbocycles. The minimum absolute atomic E-state index is 0.00870.